The summed E-state index contributed by atoms with van der Waals surface area (Å²) in [6, 6.07) is 13.9. The van der Waals surface area contributed by atoms with Gasteiger partial charge in [0.1, 0.15) is 5.75 Å². The average Bonchev–Trinajstić information content (AvgIpc) is 2.48. The molecule has 0 bridgehead atoms. The molecule has 0 aliphatic rings. The first kappa shape index (κ1) is 14.1. The van der Waals surface area contributed by atoms with E-state index in [1.54, 1.807) is 37.6 Å². The lowest BCUT2D eigenvalue weighted by molar-refractivity contribution is 0.0955. The van der Waals surface area contributed by atoms with Crippen molar-refractivity contribution < 1.29 is 9.53 Å². The van der Waals surface area contributed by atoms with Crippen LogP contribution in [0.25, 0.3) is 0 Å². The highest BCUT2D eigenvalue weighted by Gasteiger charge is 2.02. The number of hydrogen-bond donors (Lipinski definition) is 1. The Balaban J connectivity index is 1.98. The fourth-order valence-electron chi connectivity index (χ4n) is 1.55. The molecule has 102 valence electrons. The van der Waals surface area contributed by atoms with Crippen LogP contribution < -0.4 is 10.2 Å². The number of nitrogens with one attached hydrogen (secondary N) is 1. The average molecular weight is 289 g/mol. The van der Waals surface area contributed by atoms with Crippen LogP contribution in [0.2, 0.25) is 5.02 Å². The van der Waals surface area contributed by atoms with Gasteiger partial charge in [0.15, 0.2) is 0 Å². The molecule has 0 unspecified atom stereocenters. The second kappa shape index (κ2) is 6.73. The molecule has 0 radical (unpaired) electrons. The van der Waals surface area contributed by atoms with Gasteiger partial charge in [-0.1, -0.05) is 23.7 Å². The Hall–Kier alpha value is -2.33. The standard InChI is InChI=1S/C15H13ClN2O2/c1-20-14-4-2-3-11(9-14)10-17-18-15(19)12-5-7-13(16)8-6-12/h2-10H,1H3,(H,18,19)/b17-10+. The van der Waals surface area contributed by atoms with E-state index in [2.05, 4.69) is 10.5 Å². The van der Waals surface area contributed by atoms with Crippen LogP contribution in [0, 0.1) is 0 Å². The Bertz CT molecular complexity index is 624. The van der Waals surface area contributed by atoms with Gasteiger partial charge in [0, 0.05) is 10.6 Å². The number of hydrogen-bond acceptors (Lipinski definition) is 3. The zero-order valence-electron chi connectivity index (χ0n) is 10.8. The summed E-state index contributed by atoms with van der Waals surface area (Å²) >= 11 is 5.76. The van der Waals surface area contributed by atoms with E-state index < -0.39 is 0 Å². The smallest absolute Gasteiger partial charge is 0.271 e. The summed E-state index contributed by atoms with van der Waals surface area (Å²) in [5.74, 6) is 0.443. The fourth-order valence-corrected chi connectivity index (χ4v) is 1.68. The lowest BCUT2D eigenvalue weighted by Gasteiger charge is -2.01. The van der Waals surface area contributed by atoms with Crippen molar-refractivity contribution in [1.82, 2.24) is 5.43 Å². The van der Waals surface area contributed by atoms with E-state index in [-0.39, 0.29) is 5.91 Å². The molecule has 0 fully saturated rings. The molecule has 0 aliphatic carbocycles. The highest BCUT2D eigenvalue weighted by Crippen LogP contribution is 2.11. The Morgan fingerprint density at radius 3 is 2.70 bits per heavy atom. The number of rotatable bonds is 4. The van der Waals surface area contributed by atoms with E-state index >= 15 is 0 Å². The van der Waals surface area contributed by atoms with E-state index in [1.807, 2.05) is 24.3 Å². The Morgan fingerprint density at radius 1 is 1.25 bits per heavy atom. The van der Waals surface area contributed by atoms with E-state index in [1.165, 1.54) is 0 Å². The molecular formula is C15H13ClN2O2. The first-order valence-corrected chi connectivity index (χ1v) is 6.30. The highest BCUT2D eigenvalue weighted by molar-refractivity contribution is 6.30. The summed E-state index contributed by atoms with van der Waals surface area (Å²) in [5, 5.41) is 4.49. The first-order valence-electron chi connectivity index (χ1n) is 5.92. The molecule has 0 saturated heterocycles. The number of halogens is 1. The summed E-state index contributed by atoms with van der Waals surface area (Å²) in [6.45, 7) is 0. The molecule has 0 spiro atoms. The van der Waals surface area contributed by atoms with Gasteiger partial charge in [-0.25, -0.2) is 5.43 Å². The number of hydrazone groups is 1. The van der Waals surface area contributed by atoms with Gasteiger partial charge in [-0.2, -0.15) is 5.10 Å². The predicted octanol–water partition coefficient (Wildman–Crippen LogP) is 3.11. The van der Waals surface area contributed by atoms with Gasteiger partial charge in [0.05, 0.1) is 13.3 Å². The molecule has 2 aromatic carbocycles. The number of amides is 1. The maximum Gasteiger partial charge on any atom is 0.271 e. The monoisotopic (exact) mass is 288 g/mol. The SMILES string of the molecule is COc1cccc(/C=N/NC(=O)c2ccc(Cl)cc2)c1. The van der Waals surface area contributed by atoms with Gasteiger partial charge in [-0.05, 0) is 42.0 Å². The Kier molecular flexibility index (Phi) is 4.74. The van der Waals surface area contributed by atoms with E-state index in [4.69, 9.17) is 16.3 Å². The first-order chi connectivity index (χ1) is 9.69. The topological polar surface area (TPSA) is 50.7 Å². The number of nitrogens with zero attached hydrogens (tertiary/aromatic N) is 1. The van der Waals surface area contributed by atoms with Crippen molar-refractivity contribution in [3.63, 3.8) is 0 Å². The van der Waals surface area contributed by atoms with Crippen molar-refractivity contribution in [3.8, 4) is 5.75 Å². The highest BCUT2D eigenvalue weighted by atomic mass is 35.5. The molecule has 1 amide bonds. The fraction of sp³-hybridized carbons (Fsp3) is 0.0667. The van der Waals surface area contributed by atoms with Crippen molar-refractivity contribution in [2.24, 2.45) is 5.10 Å². The number of benzene rings is 2. The van der Waals surface area contributed by atoms with Gasteiger partial charge in [0.25, 0.3) is 5.91 Å². The van der Waals surface area contributed by atoms with E-state index in [9.17, 15) is 4.79 Å². The van der Waals surface area contributed by atoms with Crippen LogP contribution in [-0.4, -0.2) is 19.2 Å². The Morgan fingerprint density at radius 2 is 2.00 bits per heavy atom. The molecular weight excluding hydrogens is 276 g/mol. The number of carbonyl (C=O) groups is 1. The van der Waals surface area contributed by atoms with Gasteiger partial charge >= 0.3 is 0 Å². The van der Waals surface area contributed by atoms with Gasteiger partial charge in [-0.15, -0.1) is 0 Å². The van der Waals surface area contributed by atoms with E-state index in [0.29, 0.717) is 10.6 Å². The van der Waals surface area contributed by atoms with Gasteiger partial charge in [-0.3, -0.25) is 4.79 Å². The molecule has 0 atom stereocenters. The summed E-state index contributed by atoms with van der Waals surface area (Å²) in [7, 11) is 1.60. The van der Waals surface area contributed by atoms with E-state index in [0.717, 1.165) is 11.3 Å². The molecule has 0 heterocycles. The third-order valence-electron chi connectivity index (χ3n) is 2.58. The minimum Gasteiger partial charge on any atom is -0.497 e. The van der Waals surface area contributed by atoms with Crippen LogP contribution in [0.15, 0.2) is 53.6 Å². The quantitative estimate of drug-likeness (QED) is 0.694. The normalized spacial score (nSPS) is 10.5. The molecule has 0 aliphatic heterocycles. The predicted molar refractivity (Wildman–Crippen MR) is 79.5 cm³/mol. The summed E-state index contributed by atoms with van der Waals surface area (Å²) < 4.78 is 5.10. The van der Waals surface area contributed by atoms with Crippen LogP contribution in [0.1, 0.15) is 15.9 Å². The van der Waals surface area contributed by atoms with Crippen molar-refractivity contribution in [3.05, 3.63) is 64.7 Å². The third-order valence-corrected chi connectivity index (χ3v) is 2.83. The molecule has 1 N–H and O–H groups in total. The molecule has 5 heteroatoms. The van der Waals surface area contributed by atoms with Crippen molar-refractivity contribution in [2.75, 3.05) is 7.11 Å². The maximum absolute atomic E-state index is 11.8. The number of ether oxygens (including phenoxy) is 1. The zero-order valence-corrected chi connectivity index (χ0v) is 11.6. The second-order valence-corrected chi connectivity index (χ2v) is 4.42. The Labute approximate surface area is 122 Å². The largest absolute Gasteiger partial charge is 0.497 e. The summed E-state index contributed by atoms with van der Waals surface area (Å²) in [6.07, 6.45) is 1.55. The van der Waals surface area contributed by atoms with Crippen LogP contribution in [-0.2, 0) is 0 Å². The van der Waals surface area contributed by atoms with Crippen LogP contribution >= 0.6 is 11.6 Å². The summed E-state index contributed by atoms with van der Waals surface area (Å²) in [4.78, 5) is 11.8. The molecule has 20 heavy (non-hydrogen) atoms. The van der Waals surface area contributed by atoms with Gasteiger partial charge in [0.2, 0.25) is 0 Å². The minimum absolute atomic E-state index is 0.291. The van der Waals surface area contributed by atoms with Gasteiger partial charge < -0.3 is 4.74 Å². The molecule has 0 aromatic heterocycles. The number of methoxy groups -OCH3 is 1. The second-order valence-electron chi connectivity index (χ2n) is 3.98. The molecule has 4 nitrogen and oxygen atoms in total. The third kappa shape index (κ3) is 3.83. The molecule has 2 aromatic rings. The lowest BCUT2D eigenvalue weighted by Crippen LogP contribution is -2.17. The lowest BCUT2D eigenvalue weighted by atomic mass is 10.2. The van der Waals surface area contributed by atoms with Crippen molar-refractivity contribution in [1.29, 1.82) is 0 Å². The van der Waals surface area contributed by atoms with Crippen LogP contribution in [0.4, 0.5) is 0 Å². The molecule has 0 saturated carbocycles. The minimum atomic E-state index is -0.291. The zero-order chi connectivity index (χ0) is 14.4. The van der Waals surface area contributed by atoms with Crippen LogP contribution in [0.3, 0.4) is 0 Å². The molecule has 2 rings (SSSR count). The van der Waals surface area contributed by atoms with Crippen molar-refractivity contribution in [2.45, 2.75) is 0 Å². The van der Waals surface area contributed by atoms with Crippen molar-refractivity contribution >= 4 is 23.7 Å². The van der Waals surface area contributed by atoms with Crippen LogP contribution in [0.5, 0.6) is 5.75 Å². The summed E-state index contributed by atoms with van der Waals surface area (Å²) in [5.41, 5.74) is 3.78. The maximum atomic E-state index is 11.8. The number of carbonyl (C=O) groups excluding carboxylic acids is 1.